The summed E-state index contributed by atoms with van der Waals surface area (Å²) in [5.41, 5.74) is 1.05. The number of hydrogen-bond donors (Lipinski definition) is 1. The summed E-state index contributed by atoms with van der Waals surface area (Å²) < 4.78 is 5.60. The van der Waals surface area contributed by atoms with Gasteiger partial charge in [-0.3, -0.25) is 0 Å². The number of aromatic nitrogens is 1. The molecule has 1 saturated heterocycles. The number of thiazole rings is 1. The molecule has 102 valence electrons. The van der Waals surface area contributed by atoms with Gasteiger partial charge in [-0.25, -0.2) is 4.98 Å². The second-order valence-corrected chi connectivity index (χ2v) is 5.88. The van der Waals surface area contributed by atoms with Crippen molar-refractivity contribution >= 4 is 16.5 Å². The first-order chi connectivity index (χ1) is 8.67. The van der Waals surface area contributed by atoms with Crippen molar-refractivity contribution in [1.29, 1.82) is 0 Å². The summed E-state index contributed by atoms with van der Waals surface area (Å²) >= 11 is 1.61. The van der Waals surface area contributed by atoms with Crippen LogP contribution in [-0.4, -0.2) is 35.9 Å². The van der Waals surface area contributed by atoms with Gasteiger partial charge in [-0.15, -0.1) is 0 Å². The van der Waals surface area contributed by atoms with Gasteiger partial charge in [0.05, 0.1) is 29.3 Å². The second-order valence-electron chi connectivity index (χ2n) is 4.82. The van der Waals surface area contributed by atoms with Crippen LogP contribution in [0.1, 0.15) is 37.3 Å². The molecule has 2 heterocycles. The van der Waals surface area contributed by atoms with Crippen LogP contribution in [-0.2, 0) is 17.8 Å². The zero-order valence-electron chi connectivity index (χ0n) is 11.3. The summed E-state index contributed by atoms with van der Waals surface area (Å²) in [6.07, 6.45) is 3.31. The third kappa shape index (κ3) is 2.68. The van der Waals surface area contributed by atoms with Crippen molar-refractivity contribution in [3.63, 3.8) is 0 Å². The van der Waals surface area contributed by atoms with Crippen LogP contribution in [0.5, 0.6) is 0 Å². The monoisotopic (exact) mass is 270 g/mol. The van der Waals surface area contributed by atoms with Gasteiger partial charge in [0, 0.05) is 13.7 Å². The highest BCUT2D eigenvalue weighted by molar-refractivity contribution is 7.15. The number of hydrogen-bond acceptors (Lipinski definition) is 5. The number of rotatable bonds is 5. The summed E-state index contributed by atoms with van der Waals surface area (Å²) in [4.78, 5) is 7.89. The van der Waals surface area contributed by atoms with Crippen molar-refractivity contribution in [1.82, 2.24) is 4.98 Å². The Morgan fingerprint density at radius 2 is 2.33 bits per heavy atom. The zero-order valence-corrected chi connectivity index (χ0v) is 12.2. The van der Waals surface area contributed by atoms with Crippen LogP contribution in [0.15, 0.2) is 0 Å². The number of aliphatic hydroxyl groups excluding tert-OH is 1. The lowest BCUT2D eigenvalue weighted by Gasteiger charge is -2.26. The Labute approximate surface area is 113 Å². The number of aryl methyl sites for hydroxylation is 1. The Morgan fingerprint density at radius 3 is 2.89 bits per heavy atom. The van der Waals surface area contributed by atoms with Crippen molar-refractivity contribution in [2.45, 2.75) is 51.9 Å². The molecule has 0 saturated carbocycles. The van der Waals surface area contributed by atoms with Gasteiger partial charge in [0.25, 0.3) is 0 Å². The predicted octanol–water partition coefficient (Wildman–Crippen LogP) is 2.20. The molecule has 1 aliphatic heterocycles. The largest absolute Gasteiger partial charge is 0.391 e. The van der Waals surface area contributed by atoms with Crippen LogP contribution < -0.4 is 4.90 Å². The Hall–Kier alpha value is -0.650. The number of likely N-dealkylation sites (N-methyl/N-ethyl adjacent to an activating group) is 1. The third-order valence-corrected chi connectivity index (χ3v) is 4.71. The number of anilines is 1. The molecule has 4 nitrogen and oxygen atoms in total. The van der Waals surface area contributed by atoms with Gasteiger partial charge in [0.1, 0.15) is 0 Å². The van der Waals surface area contributed by atoms with Crippen molar-refractivity contribution in [3.8, 4) is 0 Å². The number of aliphatic hydroxyl groups is 1. The molecule has 18 heavy (non-hydrogen) atoms. The van der Waals surface area contributed by atoms with Crippen molar-refractivity contribution in [2.24, 2.45) is 0 Å². The Bertz CT molecular complexity index is 394. The highest BCUT2D eigenvalue weighted by Crippen LogP contribution is 2.30. The molecule has 5 heteroatoms. The highest BCUT2D eigenvalue weighted by atomic mass is 32.1. The van der Waals surface area contributed by atoms with E-state index < -0.39 is 0 Å². The molecule has 0 amide bonds. The summed E-state index contributed by atoms with van der Waals surface area (Å²) in [6.45, 7) is 5.17. The molecular formula is C13H22N2O2S. The van der Waals surface area contributed by atoms with Crippen molar-refractivity contribution in [3.05, 3.63) is 10.6 Å². The minimum atomic E-state index is 0.0948. The summed E-state index contributed by atoms with van der Waals surface area (Å²) in [5, 5.41) is 10.4. The van der Waals surface area contributed by atoms with E-state index in [9.17, 15) is 5.11 Å². The lowest BCUT2D eigenvalue weighted by molar-refractivity contribution is 0.118. The molecule has 1 aromatic rings. The first kappa shape index (κ1) is 13.8. The van der Waals surface area contributed by atoms with Crippen LogP contribution in [0.25, 0.3) is 0 Å². The minimum absolute atomic E-state index is 0.0948. The Kier molecular flexibility index (Phi) is 4.59. The first-order valence-electron chi connectivity index (χ1n) is 6.61. The predicted molar refractivity (Wildman–Crippen MR) is 74.3 cm³/mol. The molecule has 2 atom stereocenters. The fourth-order valence-corrected chi connectivity index (χ4v) is 3.43. The van der Waals surface area contributed by atoms with Crippen LogP contribution in [0.3, 0.4) is 0 Å². The van der Waals surface area contributed by atoms with E-state index in [1.54, 1.807) is 11.3 Å². The van der Waals surface area contributed by atoms with E-state index in [1.807, 2.05) is 0 Å². The van der Waals surface area contributed by atoms with E-state index in [0.29, 0.717) is 6.04 Å². The van der Waals surface area contributed by atoms with E-state index in [1.165, 1.54) is 0 Å². The maximum atomic E-state index is 9.38. The summed E-state index contributed by atoms with van der Waals surface area (Å²) in [5.74, 6) is 0. The average Bonchev–Trinajstić information content (AvgIpc) is 2.95. The van der Waals surface area contributed by atoms with Crippen molar-refractivity contribution in [2.75, 3.05) is 18.6 Å². The molecule has 1 aromatic heterocycles. The fraction of sp³-hybridized carbons (Fsp3) is 0.769. The van der Waals surface area contributed by atoms with E-state index in [0.717, 1.165) is 41.6 Å². The highest BCUT2D eigenvalue weighted by Gasteiger charge is 2.29. The molecule has 1 fully saturated rings. The standard InChI is InChI=1S/C13H22N2O2S/c1-4-5-10-12(8-16)18-13(14-10)15(3)11-6-7-17-9(11)2/h9,11,16H,4-8H2,1-3H3. The second kappa shape index (κ2) is 5.99. The Morgan fingerprint density at radius 1 is 1.56 bits per heavy atom. The lowest BCUT2D eigenvalue weighted by Crippen LogP contribution is -2.36. The van der Waals surface area contributed by atoms with Gasteiger partial charge in [-0.2, -0.15) is 0 Å². The van der Waals surface area contributed by atoms with E-state index in [-0.39, 0.29) is 12.7 Å². The SMILES string of the molecule is CCCc1nc(N(C)C2CCOC2C)sc1CO. The maximum absolute atomic E-state index is 9.38. The number of ether oxygens (including phenoxy) is 1. The van der Waals surface area contributed by atoms with Gasteiger partial charge in [-0.05, 0) is 19.8 Å². The third-order valence-electron chi connectivity index (χ3n) is 3.53. The van der Waals surface area contributed by atoms with Gasteiger partial charge in [0.15, 0.2) is 5.13 Å². The number of nitrogens with zero attached hydrogens (tertiary/aromatic N) is 2. The molecule has 1 aliphatic rings. The van der Waals surface area contributed by atoms with Crippen molar-refractivity contribution < 1.29 is 9.84 Å². The van der Waals surface area contributed by atoms with Gasteiger partial charge >= 0.3 is 0 Å². The Balaban J connectivity index is 2.16. The maximum Gasteiger partial charge on any atom is 0.185 e. The smallest absolute Gasteiger partial charge is 0.185 e. The molecule has 0 radical (unpaired) electrons. The normalized spacial score (nSPS) is 23.6. The van der Waals surface area contributed by atoms with Crippen LogP contribution in [0.2, 0.25) is 0 Å². The average molecular weight is 270 g/mol. The zero-order chi connectivity index (χ0) is 13.1. The first-order valence-corrected chi connectivity index (χ1v) is 7.42. The van der Waals surface area contributed by atoms with Crippen LogP contribution >= 0.6 is 11.3 Å². The van der Waals surface area contributed by atoms with Gasteiger partial charge in [-0.1, -0.05) is 24.7 Å². The van der Waals surface area contributed by atoms with Gasteiger partial charge < -0.3 is 14.7 Å². The molecule has 0 bridgehead atoms. The molecular weight excluding hydrogens is 248 g/mol. The molecule has 2 rings (SSSR count). The lowest BCUT2D eigenvalue weighted by atomic mass is 10.1. The van der Waals surface area contributed by atoms with E-state index >= 15 is 0 Å². The minimum Gasteiger partial charge on any atom is -0.391 e. The fourth-order valence-electron chi connectivity index (χ4n) is 2.45. The molecule has 0 aromatic carbocycles. The summed E-state index contributed by atoms with van der Waals surface area (Å²) in [6, 6.07) is 0.400. The molecule has 1 N–H and O–H groups in total. The molecule has 0 spiro atoms. The van der Waals surface area contributed by atoms with E-state index in [2.05, 4.69) is 30.8 Å². The quantitative estimate of drug-likeness (QED) is 0.891. The van der Waals surface area contributed by atoms with Crippen LogP contribution in [0.4, 0.5) is 5.13 Å². The molecule has 2 unspecified atom stereocenters. The topological polar surface area (TPSA) is 45.6 Å². The van der Waals surface area contributed by atoms with Gasteiger partial charge in [0.2, 0.25) is 0 Å². The van der Waals surface area contributed by atoms with Crippen LogP contribution in [0, 0.1) is 0 Å². The summed E-state index contributed by atoms with van der Waals surface area (Å²) in [7, 11) is 2.07. The van der Waals surface area contributed by atoms with E-state index in [4.69, 9.17) is 4.74 Å². The molecule has 0 aliphatic carbocycles.